The predicted molar refractivity (Wildman–Crippen MR) is 61.0 cm³/mol. The average molecular weight is 225 g/mol. The highest BCUT2D eigenvalue weighted by atomic mass is 16.4. The Kier molecular flexibility index (Phi) is 4.10. The van der Waals surface area contributed by atoms with Crippen molar-refractivity contribution in [3.8, 4) is 0 Å². The summed E-state index contributed by atoms with van der Waals surface area (Å²) in [6, 6.07) is 0.220. The molecule has 1 rings (SSSR count). The highest BCUT2D eigenvalue weighted by molar-refractivity contribution is 6.01. The summed E-state index contributed by atoms with van der Waals surface area (Å²) < 4.78 is 0. The monoisotopic (exact) mass is 225 g/mol. The third-order valence-electron chi connectivity index (χ3n) is 3.27. The minimum atomic E-state index is -1.02. The molecule has 4 nitrogen and oxygen atoms in total. The first-order valence-electron chi connectivity index (χ1n) is 5.67. The van der Waals surface area contributed by atoms with Crippen LogP contribution in [-0.2, 0) is 9.59 Å². The number of rotatable bonds is 2. The van der Waals surface area contributed by atoms with Crippen molar-refractivity contribution in [1.82, 2.24) is 4.90 Å². The topological polar surface area (TPSA) is 57.6 Å². The molecule has 0 aromatic carbocycles. The molecular weight excluding hydrogens is 206 g/mol. The summed E-state index contributed by atoms with van der Waals surface area (Å²) in [5, 5.41) is 8.84. The molecule has 0 bridgehead atoms. The van der Waals surface area contributed by atoms with E-state index in [1.54, 1.807) is 11.8 Å². The molecule has 1 fully saturated rings. The maximum Gasteiger partial charge on any atom is 0.331 e. The summed E-state index contributed by atoms with van der Waals surface area (Å²) >= 11 is 0. The van der Waals surface area contributed by atoms with Crippen LogP contribution < -0.4 is 0 Å². The Morgan fingerprint density at radius 1 is 1.19 bits per heavy atom. The van der Waals surface area contributed by atoms with Crippen molar-refractivity contribution >= 4 is 11.9 Å². The molecule has 1 N–H and O–H groups in total. The maximum absolute atomic E-state index is 12.1. The van der Waals surface area contributed by atoms with E-state index >= 15 is 0 Å². The SMILES string of the molecule is CC(C(=O)O)=C(C)C(=O)N1CCCCC1C. The van der Waals surface area contributed by atoms with Crippen molar-refractivity contribution < 1.29 is 14.7 Å². The van der Waals surface area contributed by atoms with E-state index in [2.05, 4.69) is 0 Å². The number of amides is 1. The molecule has 0 aliphatic carbocycles. The zero-order chi connectivity index (χ0) is 12.3. The number of aliphatic carboxylic acids is 1. The van der Waals surface area contributed by atoms with Crippen molar-refractivity contribution in [3.63, 3.8) is 0 Å². The number of nitrogens with zero attached hydrogens (tertiary/aromatic N) is 1. The van der Waals surface area contributed by atoms with Gasteiger partial charge < -0.3 is 10.0 Å². The molecule has 0 saturated carbocycles. The van der Waals surface area contributed by atoms with Gasteiger partial charge in [-0.05, 0) is 40.0 Å². The standard InChI is InChI=1S/C12H19NO3/c1-8-6-4-5-7-13(8)11(14)9(2)10(3)12(15)16/h8H,4-7H2,1-3H3,(H,15,16). The van der Waals surface area contributed by atoms with E-state index in [0.29, 0.717) is 5.57 Å². The summed E-state index contributed by atoms with van der Waals surface area (Å²) in [6.45, 7) is 5.82. The molecule has 0 aromatic heterocycles. The molecule has 4 heteroatoms. The molecule has 1 atom stereocenters. The third-order valence-corrected chi connectivity index (χ3v) is 3.27. The van der Waals surface area contributed by atoms with E-state index in [9.17, 15) is 9.59 Å². The van der Waals surface area contributed by atoms with Gasteiger partial charge in [0.05, 0.1) is 0 Å². The molecular formula is C12H19NO3. The van der Waals surface area contributed by atoms with Gasteiger partial charge in [-0.3, -0.25) is 4.79 Å². The molecule has 1 amide bonds. The Bertz CT molecular complexity index is 333. The van der Waals surface area contributed by atoms with Gasteiger partial charge in [0.2, 0.25) is 5.91 Å². The lowest BCUT2D eigenvalue weighted by atomic mass is 10.0. The molecule has 0 spiro atoms. The van der Waals surface area contributed by atoms with Gasteiger partial charge in [-0.1, -0.05) is 0 Å². The second-order valence-corrected chi connectivity index (χ2v) is 4.40. The van der Waals surface area contributed by atoms with Crippen LogP contribution in [0.25, 0.3) is 0 Å². The Balaban J connectivity index is 2.84. The van der Waals surface area contributed by atoms with E-state index in [1.807, 2.05) is 6.92 Å². The van der Waals surface area contributed by atoms with Crippen LogP contribution in [0, 0.1) is 0 Å². The molecule has 1 unspecified atom stereocenters. The van der Waals surface area contributed by atoms with Crippen molar-refractivity contribution in [3.05, 3.63) is 11.1 Å². The maximum atomic E-state index is 12.1. The first kappa shape index (κ1) is 12.7. The highest BCUT2D eigenvalue weighted by Crippen LogP contribution is 2.19. The van der Waals surface area contributed by atoms with Crippen LogP contribution in [0.2, 0.25) is 0 Å². The van der Waals surface area contributed by atoms with Crippen LogP contribution >= 0.6 is 0 Å². The van der Waals surface area contributed by atoms with Gasteiger partial charge in [0.15, 0.2) is 0 Å². The van der Waals surface area contributed by atoms with Crippen molar-refractivity contribution in [1.29, 1.82) is 0 Å². The van der Waals surface area contributed by atoms with Crippen LogP contribution in [0.15, 0.2) is 11.1 Å². The second kappa shape index (κ2) is 5.14. The van der Waals surface area contributed by atoms with E-state index < -0.39 is 5.97 Å². The lowest BCUT2D eigenvalue weighted by Gasteiger charge is -2.33. The lowest BCUT2D eigenvalue weighted by Crippen LogP contribution is -2.42. The average Bonchev–Trinajstić information content (AvgIpc) is 2.26. The Morgan fingerprint density at radius 3 is 2.31 bits per heavy atom. The normalized spacial score (nSPS) is 22.7. The summed E-state index contributed by atoms with van der Waals surface area (Å²) in [4.78, 5) is 24.6. The zero-order valence-corrected chi connectivity index (χ0v) is 10.1. The van der Waals surface area contributed by atoms with Crippen molar-refractivity contribution in [2.24, 2.45) is 0 Å². The molecule has 1 saturated heterocycles. The number of piperidine rings is 1. The van der Waals surface area contributed by atoms with Crippen LogP contribution in [0.1, 0.15) is 40.0 Å². The summed E-state index contributed by atoms with van der Waals surface area (Å²) in [5.74, 6) is -1.15. The van der Waals surface area contributed by atoms with E-state index in [0.717, 1.165) is 25.8 Å². The number of carbonyl (C=O) groups is 2. The molecule has 1 aliphatic heterocycles. The van der Waals surface area contributed by atoms with Crippen LogP contribution in [0.4, 0.5) is 0 Å². The van der Waals surface area contributed by atoms with Crippen LogP contribution in [0.3, 0.4) is 0 Å². The Morgan fingerprint density at radius 2 is 1.81 bits per heavy atom. The fourth-order valence-electron chi connectivity index (χ4n) is 1.94. The van der Waals surface area contributed by atoms with Gasteiger partial charge in [-0.2, -0.15) is 0 Å². The third kappa shape index (κ3) is 2.62. The number of likely N-dealkylation sites (tertiary alicyclic amines) is 1. The van der Waals surface area contributed by atoms with E-state index in [-0.39, 0.29) is 17.5 Å². The van der Waals surface area contributed by atoms with Gasteiger partial charge >= 0.3 is 5.97 Å². The van der Waals surface area contributed by atoms with Gasteiger partial charge in [0.25, 0.3) is 0 Å². The molecule has 16 heavy (non-hydrogen) atoms. The van der Waals surface area contributed by atoms with Crippen LogP contribution in [-0.4, -0.2) is 34.5 Å². The quantitative estimate of drug-likeness (QED) is 0.729. The lowest BCUT2D eigenvalue weighted by molar-refractivity contribution is -0.134. The fraction of sp³-hybridized carbons (Fsp3) is 0.667. The van der Waals surface area contributed by atoms with Gasteiger partial charge in [0.1, 0.15) is 0 Å². The molecule has 0 aromatic rings. The van der Waals surface area contributed by atoms with Crippen LogP contribution in [0.5, 0.6) is 0 Å². The van der Waals surface area contributed by atoms with E-state index in [1.165, 1.54) is 6.92 Å². The number of carboxylic acid groups (broad SMARTS) is 1. The minimum Gasteiger partial charge on any atom is -0.478 e. The number of hydrogen-bond donors (Lipinski definition) is 1. The van der Waals surface area contributed by atoms with Gasteiger partial charge in [-0.15, -0.1) is 0 Å². The zero-order valence-electron chi connectivity index (χ0n) is 10.1. The second-order valence-electron chi connectivity index (χ2n) is 4.40. The number of carboxylic acids is 1. The number of carbonyl (C=O) groups excluding carboxylic acids is 1. The summed E-state index contributed by atoms with van der Waals surface area (Å²) in [6.07, 6.45) is 3.16. The van der Waals surface area contributed by atoms with Crippen molar-refractivity contribution in [2.45, 2.75) is 46.1 Å². The number of hydrogen-bond acceptors (Lipinski definition) is 2. The molecule has 0 radical (unpaired) electrons. The molecule has 1 heterocycles. The Labute approximate surface area is 95.9 Å². The highest BCUT2D eigenvalue weighted by Gasteiger charge is 2.25. The summed E-state index contributed by atoms with van der Waals surface area (Å²) in [7, 11) is 0. The van der Waals surface area contributed by atoms with Crippen molar-refractivity contribution in [2.75, 3.05) is 6.54 Å². The smallest absolute Gasteiger partial charge is 0.331 e. The van der Waals surface area contributed by atoms with Gasteiger partial charge in [-0.25, -0.2) is 4.79 Å². The molecule has 90 valence electrons. The predicted octanol–water partition coefficient (Wildman–Crippen LogP) is 1.81. The fourth-order valence-corrected chi connectivity index (χ4v) is 1.94. The Hall–Kier alpha value is -1.32. The first-order chi connectivity index (χ1) is 7.45. The largest absolute Gasteiger partial charge is 0.478 e. The minimum absolute atomic E-state index is 0.132. The van der Waals surface area contributed by atoms with Gasteiger partial charge in [0, 0.05) is 23.7 Å². The first-order valence-corrected chi connectivity index (χ1v) is 5.67. The summed E-state index contributed by atoms with van der Waals surface area (Å²) in [5.41, 5.74) is 0.490. The molecule has 1 aliphatic rings. The van der Waals surface area contributed by atoms with E-state index in [4.69, 9.17) is 5.11 Å².